The summed E-state index contributed by atoms with van der Waals surface area (Å²) in [5.41, 5.74) is -0.189. The lowest BCUT2D eigenvalue weighted by Crippen LogP contribution is -2.35. The van der Waals surface area contributed by atoms with E-state index in [2.05, 4.69) is 0 Å². The molecule has 2 nitrogen and oxygen atoms in total. The molecule has 4 heteroatoms. The van der Waals surface area contributed by atoms with Crippen LogP contribution in [0.25, 0.3) is 0 Å². The highest BCUT2D eigenvalue weighted by Crippen LogP contribution is 2.38. The molecule has 2 unspecified atom stereocenters. The van der Waals surface area contributed by atoms with E-state index in [1.54, 1.807) is 0 Å². The van der Waals surface area contributed by atoms with Gasteiger partial charge in [-0.1, -0.05) is 0 Å². The Kier molecular flexibility index (Phi) is 3.45. The van der Waals surface area contributed by atoms with E-state index in [-0.39, 0.29) is 12.7 Å². The fraction of sp³-hybridized carbons (Fsp3) is 0.538. The van der Waals surface area contributed by atoms with Gasteiger partial charge in [-0.15, -0.1) is 0 Å². The second kappa shape index (κ2) is 4.70. The predicted octanol–water partition coefficient (Wildman–Crippen LogP) is 2.29. The van der Waals surface area contributed by atoms with Gasteiger partial charge in [0.2, 0.25) is 0 Å². The number of aliphatic hydroxyl groups excluding tert-OH is 1. The summed E-state index contributed by atoms with van der Waals surface area (Å²) in [6.07, 6.45) is 0.824. The molecule has 1 aliphatic heterocycles. The molecule has 0 spiro atoms. The van der Waals surface area contributed by atoms with Gasteiger partial charge in [0, 0.05) is 12.0 Å². The SMILES string of the molecule is CC1OCCC1(CO)Cc1cc(F)ccc1F. The second-order valence-electron chi connectivity index (χ2n) is 4.70. The lowest BCUT2D eigenvalue weighted by molar-refractivity contribution is 0.0267. The number of aliphatic hydroxyl groups is 1. The summed E-state index contributed by atoms with van der Waals surface area (Å²) in [4.78, 5) is 0. The molecular weight excluding hydrogens is 226 g/mol. The van der Waals surface area contributed by atoms with Gasteiger partial charge in [0.05, 0.1) is 12.7 Å². The smallest absolute Gasteiger partial charge is 0.126 e. The number of rotatable bonds is 3. The Bertz CT molecular complexity index is 408. The van der Waals surface area contributed by atoms with Gasteiger partial charge in [0.1, 0.15) is 11.6 Å². The van der Waals surface area contributed by atoms with Crippen LogP contribution in [0.4, 0.5) is 8.78 Å². The molecule has 1 saturated heterocycles. The Balaban J connectivity index is 2.27. The molecule has 0 bridgehead atoms. The first-order valence-corrected chi connectivity index (χ1v) is 5.74. The molecule has 0 amide bonds. The topological polar surface area (TPSA) is 29.5 Å². The molecule has 1 aromatic rings. The van der Waals surface area contributed by atoms with Crippen LogP contribution in [0.5, 0.6) is 0 Å². The molecule has 94 valence electrons. The first-order chi connectivity index (χ1) is 8.07. The molecule has 17 heavy (non-hydrogen) atoms. The Labute approximate surface area is 99.2 Å². The molecule has 2 atom stereocenters. The largest absolute Gasteiger partial charge is 0.396 e. The monoisotopic (exact) mass is 242 g/mol. The van der Waals surface area contributed by atoms with Gasteiger partial charge < -0.3 is 9.84 Å². The van der Waals surface area contributed by atoms with Crippen LogP contribution < -0.4 is 0 Å². The zero-order chi connectivity index (χ0) is 12.5. The molecular formula is C13H16F2O2. The molecule has 0 aliphatic carbocycles. The zero-order valence-electron chi connectivity index (χ0n) is 9.75. The van der Waals surface area contributed by atoms with Crippen LogP contribution >= 0.6 is 0 Å². The molecule has 1 aliphatic rings. The number of hydrogen-bond donors (Lipinski definition) is 1. The predicted molar refractivity (Wildman–Crippen MR) is 59.6 cm³/mol. The van der Waals surface area contributed by atoms with E-state index in [4.69, 9.17) is 4.74 Å². The van der Waals surface area contributed by atoms with Crippen LogP contribution in [0.1, 0.15) is 18.9 Å². The van der Waals surface area contributed by atoms with Gasteiger partial charge in [-0.3, -0.25) is 0 Å². The van der Waals surface area contributed by atoms with Gasteiger partial charge in [0.15, 0.2) is 0 Å². The van der Waals surface area contributed by atoms with E-state index in [9.17, 15) is 13.9 Å². The maximum atomic E-state index is 13.6. The van der Waals surface area contributed by atoms with Crippen molar-refractivity contribution in [2.24, 2.45) is 5.41 Å². The Morgan fingerprint density at radius 3 is 2.82 bits per heavy atom. The van der Waals surface area contributed by atoms with Gasteiger partial charge in [-0.25, -0.2) is 8.78 Å². The number of hydrogen-bond acceptors (Lipinski definition) is 2. The minimum Gasteiger partial charge on any atom is -0.396 e. The molecule has 1 fully saturated rings. The van der Waals surface area contributed by atoms with Gasteiger partial charge in [0.25, 0.3) is 0 Å². The van der Waals surface area contributed by atoms with Crippen LogP contribution in [0.15, 0.2) is 18.2 Å². The van der Waals surface area contributed by atoms with E-state index >= 15 is 0 Å². The summed E-state index contributed by atoms with van der Waals surface area (Å²) in [5.74, 6) is -0.889. The summed E-state index contributed by atoms with van der Waals surface area (Å²) in [7, 11) is 0. The van der Waals surface area contributed by atoms with Crippen molar-refractivity contribution in [3.05, 3.63) is 35.4 Å². The average molecular weight is 242 g/mol. The normalized spacial score (nSPS) is 28.6. The molecule has 1 N–H and O–H groups in total. The standard InChI is InChI=1S/C13H16F2O2/c1-9-13(8-16,4-5-17-9)7-10-6-11(14)2-3-12(10)15/h2-3,6,9,16H,4-5,7-8H2,1H3. The first-order valence-electron chi connectivity index (χ1n) is 5.74. The van der Waals surface area contributed by atoms with E-state index < -0.39 is 17.0 Å². The van der Waals surface area contributed by atoms with Crippen molar-refractivity contribution < 1.29 is 18.6 Å². The van der Waals surface area contributed by atoms with Crippen LogP contribution in [-0.4, -0.2) is 24.4 Å². The van der Waals surface area contributed by atoms with Crippen LogP contribution in [0, 0.1) is 17.0 Å². The van der Waals surface area contributed by atoms with Gasteiger partial charge >= 0.3 is 0 Å². The summed E-state index contributed by atoms with van der Waals surface area (Å²) in [6.45, 7) is 2.34. The zero-order valence-corrected chi connectivity index (χ0v) is 9.75. The summed E-state index contributed by atoms with van der Waals surface area (Å²) in [5, 5.41) is 9.51. The van der Waals surface area contributed by atoms with Crippen LogP contribution in [-0.2, 0) is 11.2 Å². The van der Waals surface area contributed by atoms with Crippen molar-refractivity contribution in [1.82, 2.24) is 0 Å². The Morgan fingerprint density at radius 2 is 2.24 bits per heavy atom. The molecule has 0 aromatic heterocycles. The minimum atomic E-state index is -0.491. The lowest BCUT2D eigenvalue weighted by Gasteiger charge is -2.30. The van der Waals surface area contributed by atoms with Crippen molar-refractivity contribution in [2.75, 3.05) is 13.2 Å². The minimum absolute atomic E-state index is 0.0792. The summed E-state index contributed by atoms with van der Waals surface area (Å²) < 4.78 is 32.1. The fourth-order valence-electron chi connectivity index (χ4n) is 2.37. The second-order valence-corrected chi connectivity index (χ2v) is 4.70. The van der Waals surface area contributed by atoms with E-state index in [0.717, 1.165) is 12.1 Å². The highest BCUT2D eigenvalue weighted by molar-refractivity contribution is 5.21. The van der Waals surface area contributed by atoms with Crippen molar-refractivity contribution >= 4 is 0 Å². The summed E-state index contributed by atoms with van der Waals surface area (Å²) >= 11 is 0. The van der Waals surface area contributed by atoms with Crippen molar-refractivity contribution in [3.8, 4) is 0 Å². The van der Waals surface area contributed by atoms with Gasteiger partial charge in [-0.05, 0) is 43.5 Å². The Morgan fingerprint density at radius 1 is 1.47 bits per heavy atom. The third-order valence-corrected chi connectivity index (χ3v) is 3.70. The molecule has 0 saturated carbocycles. The van der Waals surface area contributed by atoms with Crippen molar-refractivity contribution in [1.29, 1.82) is 0 Å². The first kappa shape index (κ1) is 12.5. The maximum Gasteiger partial charge on any atom is 0.126 e. The van der Waals surface area contributed by atoms with Crippen LogP contribution in [0.3, 0.4) is 0 Å². The van der Waals surface area contributed by atoms with Crippen molar-refractivity contribution in [2.45, 2.75) is 25.9 Å². The quantitative estimate of drug-likeness (QED) is 0.881. The number of benzene rings is 1. The lowest BCUT2D eigenvalue weighted by atomic mass is 9.77. The highest BCUT2D eigenvalue weighted by Gasteiger charge is 2.41. The third kappa shape index (κ3) is 2.33. The third-order valence-electron chi connectivity index (χ3n) is 3.70. The highest BCUT2D eigenvalue weighted by atomic mass is 19.1. The molecule has 2 rings (SSSR count). The van der Waals surface area contributed by atoms with Crippen LogP contribution in [0.2, 0.25) is 0 Å². The molecule has 0 radical (unpaired) electrons. The van der Waals surface area contributed by atoms with E-state index in [1.165, 1.54) is 6.07 Å². The number of halogens is 2. The van der Waals surface area contributed by atoms with E-state index in [0.29, 0.717) is 25.0 Å². The fourth-order valence-corrected chi connectivity index (χ4v) is 2.37. The van der Waals surface area contributed by atoms with E-state index in [1.807, 2.05) is 6.92 Å². The Hall–Kier alpha value is -1.00. The average Bonchev–Trinajstić information content (AvgIpc) is 2.66. The maximum absolute atomic E-state index is 13.6. The molecule has 1 aromatic carbocycles. The van der Waals surface area contributed by atoms with Gasteiger partial charge in [-0.2, -0.15) is 0 Å². The van der Waals surface area contributed by atoms with Crippen molar-refractivity contribution in [3.63, 3.8) is 0 Å². The summed E-state index contributed by atoms with van der Waals surface area (Å²) in [6, 6.07) is 3.41. The molecule has 1 heterocycles. The number of ether oxygens (including phenoxy) is 1.